The Morgan fingerprint density at radius 2 is 1.96 bits per heavy atom. The number of aromatic nitrogens is 1. The minimum absolute atomic E-state index is 0.0430. The maximum atomic E-state index is 12.4. The van der Waals surface area contributed by atoms with E-state index in [1.165, 1.54) is 14.0 Å². The summed E-state index contributed by atoms with van der Waals surface area (Å²) in [6.45, 7) is 6.87. The second kappa shape index (κ2) is 8.23. The third-order valence-corrected chi connectivity index (χ3v) is 3.93. The van der Waals surface area contributed by atoms with Crippen LogP contribution in [-0.4, -0.2) is 30.2 Å². The van der Waals surface area contributed by atoms with Crippen molar-refractivity contribution in [1.29, 1.82) is 0 Å². The first-order valence-corrected chi connectivity index (χ1v) is 8.44. The van der Waals surface area contributed by atoms with Gasteiger partial charge in [-0.15, -0.1) is 0 Å². The summed E-state index contributed by atoms with van der Waals surface area (Å²) in [5.41, 5.74) is 1.06. The Balaban J connectivity index is 2.11. The van der Waals surface area contributed by atoms with E-state index in [2.05, 4.69) is 10.5 Å². The van der Waals surface area contributed by atoms with Crippen LogP contribution in [0.3, 0.4) is 0 Å². The lowest BCUT2D eigenvalue weighted by atomic mass is 10.1. The molecule has 0 saturated carbocycles. The number of carbonyl (C=O) groups is 2. The highest BCUT2D eigenvalue weighted by Gasteiger charge is 2.27. The normalized spacial score (nSPS) is 12.0. The van der Waals surface area contributed by atoms with Gasteiger partial charge in [0.15, 0.2) is 11.9 Å². The first-order chi connectivity index (χ1) is 12.2. The molecule has 0 saturated heterocycles. The first-order valence-electron chi connectivity index (χ1n) is 8.06. The van der Waals surface area contributed by atoms with Gasteiger partial charge in [-0.2, -0.15) is 0 Å². The molecule has 0 unspecified atom stereocenters. The van der Waals surface area contributed by atoms with Crippen molar-refractivity contribution in [2.75, 3.05) is 12.4 Å². The van der Waals surface area contributed by atoms with E-state index in [0.717, 1.165) is 0 Å². The standard InChI is InChI=1S/C18H21ClN2O5/c1-9(2)16-15(10(3)21-26-16)18(23)25-11(4)17(22)20-13-8-12(19)6-7-14(13)24-5/h6-9,11H,1-5H3,(H,20,22)/t11-/m1/s1. The van der Waals surface area contributed by atoms with Gasteiger partial charge < -0.3 is 19.3 Å². The van der Waals surface area contributed by atoms with E-state index < -0.39 is 18.0 Å². The maximum Gasteiger partial charge on any atom is 0.344 e. The van der Waals surface area contributed by atoms with Crippen LogP contribution < -0.4 is 10.1 Å². The molecule has 26 heavy (non-hydrogen) atoms. The Hall–Kier alpha value is -2.54. The zero-order valence-corrected chi connectivity index (χ0v) is 16.0. The number of anilines is 1. The second-order valence-electron chi connectivity index (χ2n) is 6.04. The molecule has 1 atom stereocenters. The van der Waals surface area contributed by atoms with Gasteiger partial charge in [0.1, 0.15) is 11.3 Å². The zero-order valence-electron chi connectivity index (χ0n) is 15.3. The van der Waals surface area contributed by atoms with Crippen molar-refractivity contribution in [3.63, 3.8) is 0 Å². The summed E-state index contributed by atoms with van der Waals surface area (Å²) in [4.78, 5) is 24.8. The Morgan fingerprint density at radius 3 is 2.58 bits per heavy atom. The van der Waals surface area contributed by atoms with Crippen LogP contribution >= 0.6 is 11.6 Å². The number of nitrogens with one attached hydrogen (secondary N) is 1. The van der Waals surface area contributed by atoms with Crippen LogP contribution in [-0.2, 0) is 9.53 Å². The fourth-order valence-electron chi connectivity index (χ4n) is 2.31. The van der Waals surface area contributed by atoms with Crippen molar-refractivity contribution in [3.8, 4) is 5.75 Å². The van der Waals surface area contributed by atoms with Gasteiger partial charge in [-0.1, -0.05) is 30.6 Å². The average Bonchev–Trinajstić information content (AvgIpc) is 2.97. The second-order valence-corrected chi connectivity index (χ2v) is 6.48. The smallest absolute Gasteiger partial charge is 0.344 e. The van der Waals surface area contributed by atoms with E-state index in [1.807, 2.05) is 13.8 Å². The highest BCUT2D eigenvalue weighted by molar-refractivity contribution is 6.31. The fourth-order valence-corrected chi connectivity index (χ4v) is 2.49. The molecule has 0 bridgehead atoms. The van der Waals surface area contributed by atoms with Crippen LogP contribution in [0.25, 0.3) is 0 Å². The summed E-state index contributed by atoms with van der Waals surface area (Å²) < 4.78 is 15.6. The Bertz CT molecular complexity index is 816. The van der Waals surface area contributed by atoms with Crippen molar-refractivity contribution in [2.24, 2.45) is 0 Å². The van der Waals surface area contributed by atoms with E-state index in [4.69, 9.17) is 25.6 Å². The van der Waals surface area contributed by atoms with Crippen molar-refractivity contribution < 1.29 is 23.6 Å². The van der Waals surface area contributed by atoms with Gasteiger partial charge in [-0.25, -0.2) is 4.79 Å². The first kappa shape index (κ1) is 19.8. The molecule has 7 nitrogen and oxygen atoms in total. The minimum Gasteiger partial charge on any atom is -0.495 e. The van der Waals surface area contributed by atoms with Crippen molar-refractivity contribution in [1.82, 2.24) is 5.16 Å². The molecule has 0 aliphatic carbocycles. The lowest BCUT2D eigenvalue weighted by molar-refractivity contribution is -0.123. The van der Waals surface area contributed by atoms with Gasteiger partial charge >= 0.3 is 5.97 Å². The summed E-state index contributed by atoms with van der Waals surface area (Å²) in [6.07, 6.45) is -1.04. The number of rotatable bonds is 6. The van der Waals surface area contributed by atoms with Crippen LogP contribution in [0.4, 0.5) is 5.69 Å². The van der Waals surface area contributed by atoms with Crippen molar-refractivity contribution in [3.05, 3.63) is 40.2 Å². The van der Waals surface area contributed by atoms with Gasteiger partial charge in [-0.3, -0.25) is 4.79 Å². The molecule has 0 fully saturated rings. The molecule has 1 aromatic carbocycles. The molecule has 1 aromatic heterocycles. The fraction of sp³-hybridized carbons (Fsp3) is 0.389. The lowest BCUT2D eigenvalue weighted by Gasteiger charge is -2.15. The van der Waals surface area contributed by atoms with Crippen LogP contribution in [0.15, 0.2) is 22.7 Å². The molecular weight excluding hydrogens is 360 g/mol. The zero-order chi connectivity index (χ0) is 19.4. The molecule has 1 N–H and O–H groups in total. The highest BCUT2D eigenvalue weighted by atomic mass is 35.5. The third kappa shape index (κ3) is 4.35. The van der Waals surface area contributed by atoms with Crippen molar-refractivity contribution >= 4 is 29.2 Å². The number of hydrogen-bond donors (Lipinski definition) is 1. The molecule has 2 aromatic rings. The quantitative estimate of drug-likeness (QED) is 0.763. The number of ether oxygens (including phenoxy) is 2. The Kier molecular flexibility index (Phi) is 6.26. The van der Waals surface area contributed by atoms with Crippen LogP contribution in [0.5, 0.6) is 5.75 Å². The van der Waals surface area contributed by atoms with E-state index in [9.17, 15) is 9.59 Å². The monoisotopic (exact) mass is 380 g/mol. The topological polar surface area (TPSA) is 90.7 Å². The van der Waals surface area contributed by atoms with Gasteiger partial charge in [0.05, 0.1) is 18.5 Å². The number of benzene rings is 1. The molecule has 1 heterocycles. The largest absolute Gasteiger partial charge is 0.495 e. The Morgan fingerprint density at radius 1 is 1.27 bits per heavy atom. The van der Waals surface area contributed by atoms with Crippen molar-refractivity contribution in [2.45, 2.75) is 39.7 Å². The lowest BCUT2D eigenvalue weighted by Crippen LogP contribution is -2.30. The number of nitrogens with zero attached hydrogens (tertiary/aromatic N) is 1. The van der Waals surface area contributed by atoms with Gasteiger partial charge in [0, 0.05) is 10.9 Å². The van der Waals surface area contributed by atoms with E-state index in [1.54, 1.807) is 25.1 Å². The molecule has 8 heteroatoms. The maximum absolute atomic E-state index is 12.4. The molecule has 2 rings (SSSR count). The van der Waals surface area contributed by atoms with Crippen LogP contribution in [0.1, 0.15) is 48.5 Å². The number of hydrogen-bond acceptors (Lipinski definition) is 6. The van der Waals surface area contributed by atoms with Crippen LogP contribution in [0.2, 0.25) is 5.02 Å². The molecule has 140 valence electrons. The molecule has 0 radical (unpaired) electrons. The number of esters is 1. The molecular formula is C18H21ClN2O5. The summed E-state index contributed by atoms with van der Waals surface area (Å²) in [5.74, 6) is -0.347. The summed E-state index contributed by atoms with van der Waals surface area (Å²) in [6, 6.07) is 4.82. The molecule has 0 aliphatic heterocycles. The minimum atomic E-state index is -1.04. The molecule has 0 aliphatic rings. The number of methoxy groups -OCH3 is 1. The van der Waals surface area contributed by atoms with E-state index >= 15 is 0 Å². The summed E-state index contributed by atoms with van der Waals surface area (Å²) in [5, 5.41) is 6.88. The van der Waals surface area contributed by atoms with Gasteiger partial charge in [-0.05, 0) is 32.0 Å². The number of amides is 1. The van der Waals surface area contributed by atoms with Crippen LogP contribution in [0, 0.1) is 6.92 Å². The molecule has 0 spiro atoms. The average molecular weight is 381 g/mol. The predicted octanol–water partition coefficient (Wildman–Crippen LogP) is 3.95. The summed E-state index contributed by atoms with van der Waals surface area (Å²) >= 11 is 5.94. The number of carbonyl (C=O) groups excluding carboxylic acids is 2. The number of aryl methyl sites for hydroxylation is 1. The summed E-state index contributed by atoms with van der Waals surface area (Å²) in [7, 11) is 1.48. The highest BCUT2D eigenvalue weighted by Crippen LogP contribution is 2.28. The van der Waals surface area contributed by atoms with E-state index in [0.29, 0.717) is 27.9 Å². The van der Waals surface area contributed by atoms with Gasteiger partial charge in [0.2, 0.25) is 0 Å². The molecule has 1 amide bonds. The van der Waals surface area contributed by atoms with Gasteiger partial charge in [0.25, 0.3) is 5.91 Å². The SMILES string of the molecule is COc1ccc(Cl)cc1NC(=O)[C@@H](C)OC(=O)c1c(C)noc1C(C)C. The number of halogens is 1. The van der Waals surface area contributed by atoms with E-state index in [-0.39, 0.29) is 11.5 Å². The predicted molar refractivity (Wildman–Crippen MR) is 96.8 cm³/mol. The third-order valence-electron chi connectivity index (χ3n) is 3.69. The Labute approximate surface area is 156 Å².